The van der Waals surface area contributed by atoms with E-state index in [2.05, 4.69) is 0 Å². The second-order valence-electron chi connectivity index (χ2n) is 4.29. The summed E-state index contributed by atoms with van der Waals surface area (Å²) in [6.07, 6.45) is 0.755. The normalized spacial score (nSPS) is 14.2. The average molecular weight is 249 g/mol. The van der Waals surface area contributed by atoms with Crippen LogP contribution in [0.15, 0.2) is 18.2 Å². The monoisotopic (exact) mass is 249 g/mol. The SMILES string of the molecule is COCC(=O)N1CCc2ccc(C(=O)O)cc2C1. The van der Waals surface area contributed by atoms with Gasteiger partial charge in [0.05, 0.1) is 5.56 Å². The van der Waals surface area contributed by atoms with Crippen molar-refractivity contribution in [3.8, 4) is 0 Å². The fraction of sp³-hybridized carbons (Fsp3) is 0.385. The molecular formula is C13H15NO4. The van der Waals surface area contributed by atoms with Crippen molar-refractivity contribution >= 4 is 11.9 Å². The number of nitrogens with zero attached hydrogens (tertiary/aromatic N) is 1. The van der Waals surface area contributed by atoms with Crippen LogP contribution >= 0.6 is 0 Å². The van der Waals surface area contributed by atoms with Gasteiger partial charge in [0.25, 0.3) is 0 Å². The van der Waals surface area contributed by atoms with Crippen LogP contribution in [0.4, 0.5) is 0 Å². The van der Waals surface area contributed by atoms with E-state index in [1.54, 1.807) is 17.0 Å². The van der Waals surface area contributed by atoms with Gasteiger partial charge in [-0.05, 0) is 29.7 Å². The first-order valence-corrected chi connectivity index (χ1v) is 5.73. The lowest BCUT2D eigenvalue weighted by atomic mass is 9.97. The van der Waals surface area contributed by atoms with E-state index in [1.165, 1.54) is 7.11 Å². The molecule has 0 radical (unpaired) electrons. The Morgan fingerprint density at radius 3 is 2.83 bits per heavy atom. The van der Waals surface area contributed by atoms with E-state index < -0.39 is 5.97 Å². The zero-order chi connectivity index (χ0) is 13.1. The molecule has 1 aromatic rings. The van der Waals surface area contributed by atoms with Gasteiger partial charge in [0, 0.05) is 20.2 Å². The second-order valence-corrected chi connectivity index (χ2v) is 4.29. The summed E-state index contributed by atoms with van der Waals surface area (Å²) in [6, 6.07) is 5.08. The van der Waals surface area contributed by atoms with Crippen molar-refractivity contribution in [1.82, 2.24) is 4.90 Å². The number of hydrogen-bond donors (Lipinski definition) is 1. The lowest BCUT2D eigenvalue weighted by Gasteiger charge is -2.28. The van der Waals surface area contributed by atoms with Gasteiger partial charge in [-0.3, -0.25) is 4.79 Å². The summed E-state index contributed by atoms with van der Waals surface area (Å²) in [5.41, 5.74) is 2.28. The van der Waals surface area contributed by atoms with Crippen molar-refractivity contribution in [1.29, 1.82) is 0 Å². The van der Waals surface area contributed by atoms with Crippen molar-refractivity contribution in [2.45, 2.75) is 13.0 Å². The minimum Gasteiger partial charge on any atom is -0.478 e. The lowest BCUT2D eigenvalue weighted by Crippen LogP contribution is -2.38. The Morgan fingerprint density at radius 2 is 2.17 bits per heavy atom. The van der Waals surface area contributed by atoms with Crippen molar-refractivity contribution in [3.63, 3.8) is 0 Å². The van der Waals surface area contributed by atoms with Crippen LogP contribution in [-0.4, -0.2) is 42.1 Å². The van der Waals surface area contributed by atoms with Crippen LogP contribution in [0, 0.1) is 0 Å². The molecule has 0 spiro atoms. The van der Waals surface area contributed by atoms with Gasteiger partial charge < -0.3 is 14.7 Å². The van der Waals surface area contributed by atoms with Gasteiger partial charge in [0.15, 0.2) is 0 Å². The molecule has 1 heterocycles. The smallest absolute Gasteiger partial charge is 0.335 e. The highest BCUT2D eigenvalue weighted by molar-refractivity contribution is 5.88. The van der Waals surface area contributed by atoms with E-state index in [1.807, 2.05) is 6.07 Å². The number of carbonyl (C=O) groups excluding carboxylic acids is 1. The van der Waals surface area contributed by atoms with E-state index in [9.17, 15) is 9.59 Å². The van der Waals surface area contributed by atoms with E-state index in [4.69, 9.17) is 9.84 Å². The second kappa shape index (κ2) is 5.18. The fourth-order valence-corrected chi connectivity index (χ4v) is 2.12. The van der Waals surface area contributed by atoms with E-state index in [-0.39, 0.29) is 18.1 Å². The van der Waals surface area contributed by atoms with Crippen LogP contribution in [0.25, 0.3) is 0 Å². The van der Waals surface area contributed by atoms with Gasteiger partial charge in [0.2, 0.25) is 5.91 Å². The summed E-state index contributed by atoms with van der Waals surface area (Å²) in [7, 11) is 1.48. The summed E-state index contributed by atoms with van der Waals surface area (Å²) >= 11 is 0. The standard InChI is InChI=1S/C13H15NO4/c1-18-8-12(15)14-5-4-9-2-3-10(13(16)17)6-11(9)7-14/h2-3,6H,4-5,7-8H2,1H3,(H,16,17). The van der Waals surface area contributed by atoms with Gasteiger partial charge in [-0.15, -0.1) is 0 Å². The Balaban J connectivity index is 2.19. The molecule has 0 fully saturated rings. The van der Waals surface area contributed by atoms with Gasteiger partial charge in [0.1, 0.15) is 6.61 Å². The highest BCUT2D eigenvalue weighted by atomic mass is 16.5. The molecule has 1 aliphatic rings. The molecule has 0 aromatic heterocycles. The number of fused-ring (bicyclic) bond motifs is 1. The Bertz CT molecular complexity index is 484. The zero-order valence-electron chi connectivity index (χ0n) is 10.2. The van der Waals surface area contributed by atoms with Crippen LogP contribution in [0.2, 0.25) is 0 Å². The summed E-state index contributed by atoms with van der Waals surface area (Å²) in [5.74, 6) is -1.01. The fourth-order valence-electron chi connectivity index (χ4n) is 2.12. The zero-order valence-corrected chi connectivity index (χ0v) is 10.2. The quantitative estimate of drug-likeness (QED) is 0.864. The Labute approximate surface area is 105 Å². The molecule has 1 aliphatic heterocycles. The third-order valence-electron chi connectivity index (χ3n) is 3.09. The van der Waals surface area contributed by atoms with Crippen LogP contribution in [0.1, 0.15) is 21.5 Å². The molecule has 2 rings (SSSR count). The van der Waals surface area contributed by atoms with Crippen LogP contribution in [0.5, 0.6) is 0 Å². The number of carboxylic acids is 1. The molecule has 0 bridgehead atoms. The predicted molar refractivity (Wildman–Crippen MR) is 64.4 cm³/mol. The van der Waals surface area contributed by atoms with Crippen molar-refractivity contribution in [3.05, 3.63) is 34.9 Å². The summed E-state index contributed by atoms with van der Waals surface area (Å²) < 4.78 is 4.82. The predicted octanol–water partition coefficient (Wildman–Crippen LogP) is 0.916. The summed E-state index contributed by atoms with van der Waals surface area (Å²) in [6.45, 7) is 1.17. The largest absolute Gasteiger partial charge is 0.478 e. The molecule has 5 nitrogen and oxygen atoms in total. The number of aromatic carboxylic acids is 1. The lowest BCUT2D eigenvalue weighted by molar-refractivity contribution is -0.136. The average Bonchev–Trinajstić information content (AvgIpc) is 2.37. The maximum absolute atomic E-state index is 11.7. The van der Waals surface area contributed by atoms with Gasteiger partial charge >= 0.3 is 5.97 Å². The first-order chi connectivity index (χ1) is 8.61. The molecule has 0 aliphatic carbocycles. The molecule has 18 heavy (non-hydrogen) atoms. The highest BCUT2D eigenvalue weighted by Crippen LogP contribution is 2.20. The molecule has 1 amide bonds. The molecule has 1 N–H and O–H groups in total. The van der Waals surface area contributed by atoms with Gasteiger partial charge in [-0.1, -0.05) is 6.07 Å². The number of carboxylic acid groups (broad SMARTS) is 1. The van der Waals surface area contributed by atoms with Gasteiger partial charge in [-0.25, -0.2) is 4.79 Å². The number of methoxy groups -OCH3 is 1. The third kappa shape index (κ3) is 2.51. The first kappa shape index (κ1) is 12.6. The minimum atomic E-state index is -0.946. The van der Waals surface area contributed by atoms with Crippen molar-refractivity contribution in [2.24, 2.45) is 0 Å². The van der Waals surface area contributed by atoms with E-state index in [0.29, 0.717) is 13.1 Å². The molecule has 5 heteroatoms. The number of hydrogen-bond acceptors (Lipinski definition) is 3. The summed E-state index contributed by atoms with van der Waals surface area (Å²) in [4.78, 5) is 24.3. The Kier molecular flexibility index (Phi) is 3.62. The van der Waals surface area contributed by atoms with Crippen molar-refractivity contribution in [2.75, 3.05) is 20.3 Å². The molecule has 0 unspecified atom stereocenters. The third-order valence-corrected chi connectivity index (χ3v) is 3.09. The summed E-state index contributed by atoms with van der Waals surface area (Å²) in [5, 5.41) is 8.95. The van der Waals surface area contributed by atoms with Gasteiger partial charge in [-0.2, -0.15) is 0 Å². The maximum Gasteiger partial charge on any atom is 0.335 e. The van der Waals surface area contributed by atoms with Crippen LogP contribution in [-0.2, 0) is 22.5 Å². The number of carbonyl (C=O) groups is 2. The molecule has 0 atom stereocenters. The minimum absolute atomic E-state index is 0.0634. The highest BCUT2D eigenvalue weighted by Gasteiger charge is 2.21. The molecular weight excluding hydrogens is 234 g/mol. The number of rotatable bonds is 3. The Morgan fingerprint density at radius 1 is 1.39 bits per heavy atom. The first-order valence-electron chi connectivity index (χ1n) is 5.73. The van der Waals surface area contributed by atoms with E-state index >= 15 is 0 Å². The topological polar surface area (TPSA) is 66.8 Å². The molecule has 96 valence electrons. The number of ether oxygens (including phenoxy) is 1. The maximum atomic E-state index is 11.7. The Hall–Kier alpha value is -1.88. The van der Waals surface area contributed by atoms with E-state index in [0.717, 1.165) is 17.5 Å². The number of benzene rings is 1. The number of amides is 1. The van der Waals surface area contributed by atoms with Crippen molar-refractivity contribution < 1.29 is 19.4 Å². The molecule has 0 saturated heterocycles. The molecule has 1 aromatic carbocycles. The van der Waals surface area contributed by atoms with Crippen LogP contribution < -0.4 is 0 Å². The van der Waals surface area contributed by atoms with Crippen LogP contribution in [0.3, 0.4) is 0 Å². The molecule has 0 saturated carbocycles.